The molecule has 0 amide bonds. The minimum Gasteiger partial charge on any atom is -0.490 e. The van der Waals surface area contributed by atoms with Crippen LogP contribution in [0.3, 0.4) is 0 Å². The summed E-state index contributed by atoms with van der Waals surface area (Å²) in [6.07, 6.45) is -0.0775. The van der Waals surface area contributed by atoms with Crippen LogP contribution < -0.4 is 9.47 Å². The van der Waals surface area contributed by atoms with Crippen molar-refractivity contribution >= 4 is 17.3 Å². The fraction of sp³-hybridized carbons (Fsp3) is 0.474. The number of carboxylic acids is 1. The number of rotatable bonds is 7. The van der Waals surface area contributed by atoms with E-state index in [-0.39, 0.29) is 11.8 Å². The first-order chi connectivity index (χ1) is 11.8. The Morgan fingerprint density at radius 1 is 1.20 bits per heavy atom. The monoisotopic (exact) mass is 363 g/mol. The lowest BCUT2D eigenvalue weighted by atomic mass is 9.85. The number of carboxylic acid groups (broad SMARTS) is 1. The summed E-state index contributed by atoms with van der Waals surface area (Å²) in [6, 6.07) is 4.08. The molecule has 1 N–H and O–H groups in total. The zero-order valence-corrected chi connectivity index (χ0v) is 16.2. The fourth-order valence-corrected chi connectivity index (χ4v) is 3.21. The number of aliphatic carboxylic acids is 1. The van der Waals surface area contributed by atoms with E-state index in [0.717, 1.165) is 16.8 Å². The van der Waals surface area contributed by atoms with Gasteiger partial charge in [-0.25, -0.2) is 4.98 Å². The molecular weight excluding hydrogens is 338 g/mol. The van der Waals surface area contributed by atoms with Crippen LogP contribution in [-0.2, 0) is 16.6 Å². The van der Waals surface area contributed by atoms with Crippen molar-refractivity contribution in [1.29, 1.82) is 0 Å². The van der Waals surface area contributed by atoms with E-state index in [1.54, 1.807) is 0 Å². The van der Waals surface area contributed by atoms with Crippen LogP contribution in [0.4, 0.5) is 0 Å². The number of benzene rings is 1. The molecule has 0 radical (unpaired) electrons. The van der Waals surface area contributed by atoms with Crippen LogP contribution in [-0.4, -0.2) is 29.3 Å². The lowest BCUT2D eigenvalue weighted by Crippen LogP contribution is -2.12. The second kappa shape index (κ2) is 7.87. The molecule has 2 rings (SSSR count). The molecule has 25 heavy (non-hydrogen) atoms. The number of nitrogens with zero attached hydrogens (tertiary/aromatic N) is 1. The highest BCUT2D eigenvalue weighted by Gasteiger charge is 2.22. The first-order valence-electron chi connectivity index (χ1n) is 8.37. The minimum absolute atomic E-state index is 0.0642. The van der Waals surface area contributed by atoms with Gasteiger partial charge in [-0.15, -0.1) is 11.3 Å². The van der Waals surface area contributed by atoms with Gasteiger partial charge in [-0.2, -0.15) is 0 Å². The smallest absolute Gasteiger partial charge is 0.310 e. The normalized spacial score (nSPS) is 11.4. The van der Waals surface area contributed by atoms with Crippen LogP contribution in [0.2, 0.25) is 0 Å². The van der Waals surface area contributed by atoms with Crippen molar-refractivity contribution in [3.63, 3.8) is 0 Å². The van der Waals surface area contributed by atoms with Crippen LogP contribution >= 0.6 is 11.3 Å². The average molecular weight is 363 g/mol. The summed E-state index contributed by atoms with van der Waals surface area (Å²) in [4.78, 5) is 15.4. The molecule has 0 spiro atoms. The van der Waals surface area contributed by atoms with E-state index in [9.17, 15) is 4.79 Å². The summed E-state index contributed by atoms with van der Waals surface area (Å²) in [5.41, 5.74) is 2.61. The molecule has 136 valence electrons. The highest BCUT2D eigenvalue weighted by atomic mass is 32.1. The van der Waals surface area contributed by atoms with E-state index < -0.39 is 5.97 Å². The van der Waals surface area contributed by atoms with Gasteiger partial charge in [-0.3, -0.25) is 4.79 Å². The van der Waals surface area contributed by atoms with E-state index >= 15 is 0 Å². The molecule has 0 fully saturated rings. The highest BCUT2D eigenvalue weighted by Crippen LogP contribution is 2.42. The van der Waals surface area contributed by atoms with Crippen molar-refractivity contribution in [2.24, 2.45) is 0 Å². The predicted molar refractivity (Wildman–Crippen MR) is 99.9 cm³/mol. The largest absolute Gasteiger partial charge is 0.490 e. The molecule has 0 aliphatic carbocycles. The van der Waals surface area contributed by atoms with Crippen LogP contribution in [0.25, 0.3) is 11.3 Å². The Balaban J connectivity index is 2.61. The van der Waals surface area contributed by atoms with Crippen molar-refractivity contribution in [1.82, 2.24) is 4.98 Å². The Hall–Kier alpha value is -2.08. The van der Waals surface area contributed by atoms with E-state index in [4.69, 9.17) is 14.6 Å². The lowest BCUT2D eigenvalue weighted by molar-refractivity contribution is -0.136. The number of carbonyl (C=O) groups is 1. The van der Waals surface area contributed by atoms with E-state index in [0.29, 0.717) is 29.7 Å². The Morgan fingerprint density at radius 2 is 1.88 bits per heavy atom. The summed E-state index contributed by atoms with van der Waals surface area (Å²) in [5, 5.41) is 11.4. The zero-order valence-electron chi connectivity index (χ0n) is 15.4. The zero-order chi connectivity index (χ0) is 18.6. The van der Waals surface area contributed by atoms with Gasteiger partial charge in [-0.05, 0) is 37.0 Å². The molecule has 0 unspecified atom stereocenters. The van der Waals surface area contributed by atoms with Gasteiger partial charge >= 0.3 is 5.97 Å². The van der Waals surface area contributed by atoms with Crippen molar-refractivity contribution in [3.8, 4) is 22.8 Å². The molecule has 0 saturated heterocycles. The average Bonchev–Trinajstić information content (AvgIpc) is 2.95. The third-order valence-electron chi connectivity index (χ3n) is 3.64. The van der Waals surface area contributed by atoms with Crippen LogP contribution in [0.1, 0.15) is 45.2 Å². The van der Waals surface area contributed by atoms with Crippen molar-refractivity contribution in [3.05, 3.63) is 28.1 Å². The number of hydrogen-bond donors (Lipinski definition) is 1. The van der Waals surface area contributed by atoms with E-state index in [1.807, 2.05) is 25.3 Å². The molecule has 0 saturated carbocycles. The molecule has 1 aromatic heterocycles. The molecule has 0 aliphatic heterocycles. The maximum absolute atomic E-state index is 10.9. The van der Waals surface area contributed by atoms with Gasteiger partial charge in [0, 0.05) is 10.9 Å². The molecule has 1 heterocycles. The van der Waals surface area contributed by atoms with E-state index in [1.165, 1.54) is 11.3 Å². The summed E-state index contributed by atoms with van der Waals surface area (Å²) >= 11 is 1.34. The Labute approximate surface area is 152 Å². The standard InChI is InChI=1S/C19H25NO4S/c1-6-23-15-9-12(19(3,4)5)8-13(18(15)24-7-2)14-11-25-16(20-14)10-17(21)22/h8-9,11H,6-7,10H2,1-5H3,(H,21,22). The van der Waals surface area contributed by atoms with Crippen LogP contribution in [0.5, 0.6) is 11.5 Å². The topological polar surface area (TPSA) is 68.7 Å². The molecule has 5 nitrogen and oxygen atoms in total. The third kappa shape index (κ3) is 4.72. The van der Waals surface area contributed by atoms with Gasteiger partial charge in [0.2, 0.25) is 0 Å². The first kappa shape index (κ1) is 19.2. The van der Waals surface area contributed by atoms with Gasteiger partial charge in [0.25, 0.3) is 0 Å². The number of thiazole rings is 1. The van der Waals surface area contributed by atoms with E-state index in [2.05, 4.69) is 31.8 Å². The van der Waals surface area contributed by atoms with Gasteiger partial charge in [-0.1, -0.05) is 20.8 Å². The second-order valence-electron chi connectivity index (χ2n) is 6.66. The van der Waals surface area contributed by atoms with Crippen LogP contribution in [0.15, 0.2) is 17.5 Å². The summed E-state index contributed by atoms with van der Waals surface area (Å²) in [6.45, 7) is 11.3. The van der Waals surface area contributed by atoms with Crippen molar-refractivity contribution in [2.45, 2.75) is 46.5 Å². The maximum atomic E-state index is 10.9. The molecular formula is C19H25NO4S. The van der Waals surface area contributed by atoms with Crippen molar-refractivity contribution < 1.29 is 19.4 Å². The fourth-order valence-electron chi connectivity index (χ4n) is 2.43. The maximum Gasteiger partial charge on any atom is 0.310 e. The van der Waals surface area contributed by atoms with Crippen LogP contribution in [0, 0.1) is 0 Å². The third-order valence-corrected chi connectivity index (χ3v) is 4.49. The number of aromatic nitrogens is 1. The number of ether oxygens (including phenoxy) is 2. The highest BCUT2D eigenvalue weighted by molar-refractivity contribution is 7.10. The van der Waals surface area contributed by atoms with Gasteiger partial charge in [0.05, 0.1) is 25.3 Å². The molecule has 0 aliphatic rings. The summed E-state index contributed by atoms with van der Waals surface area (Å²) < 4.78 is 11.7. The Morgan fingerprint density at radius 3 is 2.44 bits per heavy atom. The molecule has 2 aromatic rings. The van der Waals surface area contributed by atoms with Crippen molar-refractivity contribution in [2.75, 3.05) is 13.2 Å². The quantitative estimate of drug-likeness (QED) is 0.782. The SMILES string of the molecule is CCOc1cc(C(C)(C)C)cc(-c2csc(CC(=O)O)n2)c1OCC. The van der Waals surface area contributed by atoms with Gasteiger partial charge in [0.1, 0.15) is 5.01 Å². The molecule has 0 bridgehead atoms. The second-order valence-corrected chi connectivity index (χ2v) is 7.61. The summed E-state index contributed by atoms with van der Waals surface area (Å²) in [5.74, 6) is 0.466. The van der Waals surface area contributed by atoms with Gasteiger partial charge in [0.15, 0.2) is 11.5 Å². The Bertz CT molecular complexity index is 746. The molecule has 1 aromatic carbocycles. The lowest BCUT2D eigenvalue weighted by Gasteiger charge is -2.23. The molecule has 6 heteroatoms. The minimum atomic E-state index is -0.885. The first-order valence-corrected chi connectivity index (χ1v) is 9.24. The van der Waals surface area contributed by atoms with Gasteiger partial charge < -0.3 is 14.6 Å². The summed E-state index contributed by atoms with van der Waals surface area (Å²) in [7, 11) is 0. The predicted octanol–water partition coefficient (Wildman–Crippen LogP) is 4.53. The molecule has 0 atom stereocenters. The Kier molecular flexibility index (Phi) is 6.06. The number of hydrogen-bond acceptors (Lipinski definition) is 5.